The van der Waals surface area contributed by atoms with Crippen molar-refractivity contribution in [1.29, 1.82) is 0 Å². The number of alkyl halides is 6. The zero-order valence-electron chi connectivity index (χ0n) is 20.2. The highest BCUT2D eigenvalue weighted by molar-refractivity contribution is 7.09. The van der Waals surface area contributed by atoms with E-state index >= 15 is 0 Å². The monoisotopic (exact) mass is 575 g/mol. The highest BCUT2D eigenvalue weighted by atomic mass is 32.1. The number of rotatable bonds is 4. The smallest absolute Gasteiger partial charge is 0.475 e. The zero-order chi connectivity index (χ0) is 28.6. The first-order valence-corrected chi connectivity index (χ1v) is 12.1. The molecule has 2 fully saturated rings. The van der Waals surface area contributed by atoms with Crippen LogP contribution in [0.1, 0.15) is 29.3 Å². The van der Waals surface area contributed by atoms with Gasteiger partial charge >= 0.3 is 24.3 Å². The largest absolute Gasteiger partial charge is 0.490 e. The number of morpholine rings is 1. The molecule has 9 nitrogen and oxygen atoms in total. The van der Waals surface area contributed by atoms with Crippen LogP contribution in [0.4, 0.5) is 26.3 Å². The lowest BCUT2D eigenvalue weighted by Gasteiger charge is -2.48. The van der Waals surface area contributed by atoms with Crippen LogP contribution in [-0.2, 0) is 27.4 Å². The Balaban J connectivity index is 0.000000301. The van der Waals surface area contributed by atoms with Crippen molar-refractivity contribution >= 4 is 23.3 Å². The maximum atomic E-state index is 10.6. The number of carboxylic acids is 2. The molecule has 214 valence electrons. The SMILES string of the molecule is Cc1nc(CN2CCCC3(C2)CN(Cc2ccco2)CCO3)cs1.O=C(O)C(F)(F)F.O=C(O)C(F)(F)F. The number of nitrogens with zero attached hydrogens (tertiary/aromatic N) is 3. The number of ether oxygens (including phenoxy) is 1. The highest BCUT2D eigenvalue weighted by Crippen LogP contribution is 2.30. The molecule has 0 bridgehead atoms. The van der Waals surface area contributed by atoms with Gasteiger partial charge in [-0.1, -0.05) is 0 Å². The van der Waals surface area contributed by atoms with E-state index in [-0.39, 0.29) is 5.60 Å². The van der Waals surface area contributed by atoms with Crippen LogP contribution in [0.2, 0.25) is 0 Å². The van der Waals surface area contributed by atoms with Crippen LogP contribution in [0.3, 0.4) is 0 Å². The van der Waals surface area contributed by atoms with Gasteiger partial charge < -0.3 is 19.4 Å². The fraction of sp³-hybridized carbons (Fsp3) is 0.591. The Morgan fingerprint density at radius 2 is 1.63 bits per heavy atom. The number of likely N-dealkylation sites (tertiary alicyclic amines) is 1. The molecule has 2 aromatic heterocycles. The molecule has 0 aromatic carbocycles. The second kappa shape index (κ2) is 13.4. The van der Waals surface area contributed by atoms with Gasteiger partial charge in [0.25, 0.3) is 0 Å². The lowest BCUT2D eigenvalue weighted by atomic mass is 9.90. The Morgan fingerprint density at radius 3 is 2.11 bits per heavy atom. The van der Waals surface area contributed by atoms with Gasteiger partial charge in [0.1, 0.15) is 5.76 Å². The second-order valence-corrected chi connectivity index (χ2v) is 9.66. The average molecular weight is 576 g/mol. The Bertz CT molecular complexity index is 1000. The minimum absolute atomic E-state index is 0.0336. The van der Waals surface area contributed by atoms with E-state index < -0.39 is 24.3 Å². The van der Waals surface area contributed by atoms with E-state index in [4.69, 9.17) is 29.0 Å². The number of furan rings is 1. The van der Waals surface area contributed by atoms with Gasteiger partial charge in [0.05, 0.1) is 35.7 Å². The topological polar surface area (TPSA) is 116 Å². The molecule has 4 heterocycles. The lowest BCUT2D eigenvalue weighted by molar-refractivity contribution is -0.193. The van der Waals surface area contributed by atoms with E-state index in [1.54, 1.807) is 17.6 Å². The van der Waals surface area contributed by atoms with Crippen molar-refractivity contribution in [3.63, 3.8) is 0 Å². The summed E-state index contributed by atoms with van der Waals surface area (Å²) in [6.45, 7) is 8.80. The minimum atomic E-state index is -5.08. The molecule has 1 unspecified atom stereocenters. The van der Waals surface area contributed by atoms with E-state index in [2.05, 4.69) is 33.2 Å². The molecule has 38 heavy (non-hydrogen) atoms. The van der Waals surface area contributed by atoms with Crippen molar-refractivity contribution in [2.45, 2.75) is 50.8 Å². The van der Waals surface area contributed by atoms with Crippen LogP contribution in [0.15, 0.2) is 28.2 Å². The highest BCUT2D eigenvalue weighted by Gasteiger charge is 2.41. The van der Waals surface area contributed by atoms with Crippen molar-refractivity contribution in [3.8, 4) is 0 Å². The number of hydrogen-bond acceptors (Lipinski definition) is 8. The fourth-order valence-electron chi connectivity index (χ4n) is 3.96. The number of aryl methyl sites for hydroxylation is 1. The lowest BCUT2D eigenvalue weighted by Crippen LogP contribution is -2.59. The first-order chi connectivity index (χ1) is 17.6. The summed E-state index contributed by atoms with van der Waals surface area (Å²) >= 11 is 1.73. The summed E-state index contributed by atoms with van der Waals surface area (Å²) in [5, 5.41) is 17.6. The zero-order valence-corrected chi connectivity index (χ0v) is 21.0. The third-order valence-electron chi connectivity index (χ3n) is 5.44. The van der Waals surface area contributed by atoms with Crippen LogP contribution < -0.4 is 0 Å². The maximum Gasteiger partial charge on any atom is 0.490 e. The van der Waals surface area contributed by atoms with Crippen molar-refractivity contribution in [2.24, 2.45) is 0 Å². The van der Waals surface area contributed by atoms with E-state index in [0.29, 0.717) is 0 Å². The molecule has 4 rings (SSSR count). The Labute approximate surface area is 217 Å². The summed E-state index contributed by atoms with van der Waals surface area (Å²) in [6, 6.07) is 4.02. The summed E-state index contributed by atoms with van der Waals surface area (Å²) < 4.78 is 75.3. The number of carbonyl (C=O) groups is 2. The molecule has 2 aliphatic heterocycles. The van der Waals surface area contributed by atoms with E-state index in [1.165, 1.54) is 12.1 Å². The maximum absolute atomic E-state index is 10.6. The number of carboxylic acid groups (broad SMARTS) is 2. The van der Waals surface area contributed by atoms with E-state index in [1.807, 2.05) is 6.07 Å². The Morgan fingerprint density at radius 1 is 1.05 bits per heavy atom. The number of aliphatic carboxylic acids is 2. The van der Waals surface area contributed by atoms with Crippen LogP contribution in [0, 0.1) is 6.92 Å². The van der Waals surface area contributed by atoms with Gasteiger partial charge in [-0.05, 0) is 38.4 Å². The van der Waals surface area contributed by atoms with Crippen LogP contribution >= 0.6 is 11.3 Å². The molecule has 2 N–H and O–H groups in total. The summed E-state index contributed by atoms with van der Waals surface area (Å²) in [6.07, 6.45) is -6.07. The molecule has 2 saturated heterocycles. The Hall–Kier alpha value is -2.69. The van der Waals surface area contributed by atoms with Crippen LogP contribution in [-0.4, -0.2) is 87.7 Å². The standard InChI is InChI=1S/C18H25N3O2S.2C2HF3O2/c1-15-19-16(12-24-15)10-20-6-3-5-18(13-20)14-21(7-9-23-18)11-17-4-2-8-22-17;2*3-2(4,5)1(6)7/h2,4,8,12H,3,5-7,9-11,13-14H2,1H3;2*(H,6,7). The molecule has 1 spiro atoms. The molecular weight excluding hydrogens is 548 g/mol. The predicted molar refractivity (Wildman–Crippen MR) is 121 cm³/mol. The summed E-state index contributed by atoms with van der Waals surface area (Å²) in [7, 11) is 0. The third-order valence-corrected chi connectivity index (χ3v) is 6.27. The van der Waals surface area contributed by atoms with Gasteiger partial charge in [0.2, 0.25) is 0 Å². The average Bonchev–Trinajstić information content (AvgIpc) is 3.45. The van der Waals surface area contributed by atoms with Gasteiger partial charge in [-0.2, -0.15) is 26.3 Å². The van der Waals surface area contributed by atoms with Crippen molar-refractivity contribution < 1.29 is 55.3 Å². The van der Waals surface area contributed by atoms with Crippen molar-refractivity contribution in [3.05, 3.63) is 40.2 Å². The number of thiazole rings is 1. The van der Waals surface area contributed by atoms with E-state index in [0.717, 1.165) is 63.1 Å². The predicted octanol–water partition coefficient (Wildman–Crippen LogP) is 4.18. The number of hydrogen-bond donors (Lipinski definition) is 2. The van der Waals surface area contributed by atoms with Gasteiger partial charge in [0, 0.05) is 31.6 Å². The summed E-state index contributed by atoms with van der Waals surface area (Å²) in [4.78, 5) is 27.4. The van der Waals surface area contributed by atoms with Crippen molar-refractivity contribution in [2.75, 3.05) is 32.8 Å². The molecular formula is C22H27F6N3O6S. The first-order valence-electron chi connectivity index (χ1n) is 11.2. The van der Waals surface area contributed by atoms with Gasteiger partial charge in [-0.3, -0.25) is 9.80 Å². The minimum Gasteiger partial charge on any atom is -0.475 e. The number of aromatic nitrogens is 1. The van der Waals surface area contributed by atoms with Gasteiger partial charge in [-0.25, -0.2) is 14.6 Å². The molecule has 2 aromatic rings. The molecule has 0 amide bonds. The molecule has 16 heteroatoms. The second-order valence-electron chi connectivity index (χ2n) is 8.60. The molecule has 1 atom stereocenters. The quantitative estimate of drug-likeness (QED) is 0.518. The van der Waals surface area contributed by atoms with Crippen LogP contribution in [0.5, 0.6) is 0 Å². The third kappa shape index (κ3) is 10.6. The normalized spacial score (nSPS) is 20.7. The number of piperidine rings is 1. The number of halogens is 6. The van der Waals surface area contributed by atoms with E-state index in [9.17, 15) is 26.3 Å². The van der Waals surface area contributed by atoms with Crippen LogP contribution in [0.25, 0.3) is 0 Å². The first kappa shape index (κ1) is 31.5. The molecule has 2 aliphatic rings. The summed E-state index contributed by atoms with van der Waals surface area (Å²) in [5.41, 5.74) is 1.16. The summed E-state index contributed by atoms with van der Waals surface area (Å²) in [5.74, 6) is -4.47. The van der Waals surface area contributed by atoms with Gasteiger partial charge in [0.15, 0.2) is 0 Å². The molecule has 0 radical (unpaired) electrons. The molecule has 0 aliphatic carbocycles. The fourth-order valence-corrected chi connectivity index (χ4v) is 4.57. The van der Waals surface area contributed by atoms with Crippen molar-refractivity contribution in [1.82, 2.24) is 14.8 Å². The molecule has 0 saturated carbocycles. The van der Waals surface area contributed by atoms with Gasteiger partial charge in [-0.15, -0.1) is 11.3 Å². The Kier molecular flexibility index (Phi) is 11.1.